The van der Waals surface area contributed by atoms with Gasteiger partial charge in [0.15, 0.2) is 0 Å². The van der Waals surface area contributed by atoms with Crippen LogP contribution in [-0.2, 0) is 16.6 Å². The Kier molecular flexibility index (Phi) is 4.12. The summed E-state index contributed by atoms with van der Waals surface area (Å²) < 4.78 is 25.0. The summed E-state index contributed by atoms with van der Waals surface area (Å²) in [6.07, 6.45) is 6.55. The minimum absolute atomic E-state index is 0.0644. The molecule has 0 aliphatic rings. The van der Waals surface area contributed by atoms with Crippen LogP contribution in [0.1, 0.15) is 5.69 Å². The molecule has 1 rings (SSSR count). The molecule has 0 bridgehead atoms. The van der Waals surface area contributed by atoms with E-state index in [1.807, 2.05) is 0 Å². The van der Waals surface area contributed by atoms with Gasteiger partial charge in [0.2, 0.25) is 10.0 Å². The van der Waals surface area contributed by atoms with E-state index in [4.69, 9.17) is 6.42 Å². The highest BCUT2D eigenvalue weighted by molar-refractivity contribution is 7.89. The van der Waals surface area contributed by atoms with Crippen molar-refractivity contribution in [3.63, 3.8) is 0 Å². The highest BCUT2D eigenvalue weighted by Gasteiger charge is 2.21. The van der Waals surface area contributed by atoms with Crippen molar-refractivity contribution < 1.29 is 8.42 Å². The molecule has 1 aromatic heterocycles. The van der Waals surface area contributed by atoms with Crippen molar-refractivity contribution in [2.45, 2.75) is 11.4 Å². The summed E-state index contributed by atoms with van der Waals surface area (Å²) in [5.41, 5.74) is 0.815. The highest BCUT2D eigenvalue weighted by atomic mass is 32.2. The average molecular weight is 241 g/mol. The molecule has 6 heteroatoms. The van der Waals surface area contributed by atoms with E-state index in [0.717, 1.165) is 10.00 Å². The van der Waals surface area contributed by atoms with Gasteiger partial charge in [0.25, 0.3) is 0 Å². The molecule has 16 heavy (non-hydrogen) atoms. The molecule has 0 amide bonds. The van der Waals surface area contributed by atoms with Crippen molar-refractivity contribution in [2.24, 2.45) is 0 Å². The Labute approximate surface area is 95.9 Å². The summed E-state index contributed by atoms with van der Waals surface area (Å²) >= 11 is 0. The van der Waals surface area contributed by atoms with E-state index < -0.39 is 10.0 Å². The van der Waals surface area contributed by atoms with Gasteiger partial charge in [-0.15, -0.1) is 6.42 Å². The van der Waals surface area contributed by atoms with E-state index in [1.165, 1.54) is 13.2 Å². The van der Waals surface area contributed by atoms with Crippen LogP contribution in [0.4, 0.5) is 0 Å². The first-order chi connectivity index (χ1) is 7.52. The number of rotatable bonds is 5. The van der Waals surface area contributed by atoms with Crippen molar-refractivity contribution >= 4 is 10.0 Å². The molecule has 88 valence electrons. The first-order valence-electron chi connectivity index (χ1n) is 4.74. The molecule has 0 saturated heterocycles. The predicted molar refractivity (Wildman–Crippen MR) is 62.2 cm³/mol. The minimum atomic E-state index is -3.47. The number of aromatic nitrogens is 1. The van der Waals surface area contributed by atoms with Gasteiger partial charge in [-0.1, -0.05) is 5.92 Å². The molecule has 0 fully saturated rings. The lowest BCUT2D eigenvalue weighted by molar-refractivity contribution is 0.503. The lowest BCUT2D eigenvalue weighted by Crippen LogP contribution is -2.26. The molecule has 0 aromatic carbocycles. The van der Waals surface area contributed by atoms with Crippen LogP contribution in [-0.4, -0.2) is 38.3 Å². The third-order valence-corrected chi connectivity index (χ3v) is 3.89. The molecule has 2 N–H and O–H groups in total. The van der Waals surface area contributed by atoms with Gasteiger partial charge in [-0.25, -0.2) is 8.42 Å². The third kappa shape index (κ3) is 2.64. The molecule has 0 saturated carbocycles. The normalized spacial score (nSPS) is 11.6. The quantitative estimate of drug-likeness (QED) is 0.713. The number of hydrogen-bond acceptors (Lipinski definition) is 3. The number of nitrogens with one attached hydrogen (secondary N) is 2. The van der Waals surface area contributed by atoms with Crippen LogP contribution in [0.3, 0.4) is 0 Å². The highest BCUT2D eigenvalue weighted by Crippen LogP contribution is 2.14. The topological polar surface area (TPSA) is 65.2 Å². The second kappa shape index (κ2) is 5.16. The van der Waals surface area contributed by atoms with E-state index in [0.29, 0.717) is 6.54 Å². The molecule has 0 atom stereocenters. The van der Waals surface area contributed by atoms with Crippen molar-refractivity contribution in [3.05, 3.63) is 18.0 Å². The van der Waals surface area contributed by atoms with E-state index in [2.05, 4.69) is 16.2 Å². The zero-order chi connectivity index (χ0) is 12.2. The first kappa shape index (κ1) is 12.8. The zero-order valence-electron chi connectivity index (χ0n) is 9.32. The lowest BCUT2D eigenvalue weighted by atomic mass is 10.4. The van der Waals surface area contributed by atoms with Crippen molar-refractivity contribution in [2.75, 3.05) is 20.6 Å². The lowest BCUT2D eigenvalue weighted by Gasteiger charge is -2.12. The van der Waals surface area contributed by atoms with Crippen molar-refractivity contribution in [1.29, 1.82) is 0 Å². The summed E-state index contributed by atoms with van der Waals surface area (Å²) in [7, 11) is -0.217. The first-order valence-corrected chi connectivity index (χ1v) is 6.18. The van der Waals surface area contributed by atoms with E-state index in [9.17, 15) is 8.42 Å². The van der Waals surface area contributed by atoms with Crippen LogP contribution in [0.25, 0.3) is 0 Å². The summed E-state index contributed by atoms with van der Waals surface area (Å²) in [6, 6.07) is 1.60. The van der Waals surface area contributed by atoms with Crippen LogP contribution in [0.2, 0.25) is 0 Å². The number of hydrogen-bond donors (Lipinski definition) is 2. The zero-order valence-corrected chi connectivity index (χ0v) is 10.1. The van der Waals surface area contributed by atoms with Crippen LogP contribution in [0, 0.1) is 12.3 Å². The Bertz CT molecular complexity index is 484. The molecular weight excluding hydrogens is 226 g/mol. The molecular formula is C10H15N3O2S. The molecule has 0 radical (unpaired) electrons. The summed E-state index contributed by atoms with van der Waals surface area (Å²) in [5, 5.41) is 2.93. The SMILES string of the molecule is C#CCN(C)S(=O)(=O)c1c[nH]c(CNC)c1. The number of nitrogens with zero attached hydrogens (tertiary/aromatic N) is 1. The molecule has 5 nitrogen and oxygen atoms in total. The fourth-order valence-electron chi connectivity index (χ4n) is 1.25. The maximum Gasteiger partial charge on any atom is 0.245 e. The number of terminal acetylenes is 1. The largest absolute Gasteiger partial charge is 0.363 e. The number of H-pyrrole nitrogens is 1. The Morgan fingerprint density at radius 1 is 1.62 bits per heavy atom. The molecule has 0 aliphatic carbocycles. The predicted octanol–water partition coefficient (Wildman–Crippen LogP) is -0.0122. The molecule has 0 unspecified atom stereocenters. The van der Waals surface area contributed by atoms with Crippen LogP contribution < -0.4 is 5.32 Å². The van der Waals surface area contributed by atoms with E-state index in [1.54, 1.807) is 13.1 Å². The van der Waals surface area contributed by atoms with Gasteiger partial charge in [-0.3, -0.25) is 0 Å². The van der Waals surface area contributed by atoms with Gasteiger partial charge < -0.3 is 10.3 Å². The maximum absolute atomic E-state index is 11.9. The van der Waals surface area contributed by atoms with Gasteiger partial charge in [-0.05, 0) is 13.1 Å². The van der Waals surface area contributed by atoms with Gasteiger partial charge in [0.05, 0.1) is 11.4 Å². The number of aromatic amines is 1. The fraction of sp³-hybridized carbons (Fsp3) is 0.400. The standard InChI is InChI=1S/C10H15N3O2S/c1-4-5-13(3)16(14,15)10-6-9(7-11-2)12-8-10/h1,6,8,11-12H,5,7H2,2-3H3. The number of sulfonamides is 1. The smallest absolute Gasteiger partial charge is 0.245 e. The van der Waals surface area contributed by atoms with Crippen molar-refractivity contribution in [3.8, 4) is 12.3 Å². The Balaban J connectivity index is 2.95. The van der Waals surface area contributed by atoms with Crippen molar-refractivity contribution in [1.82, 2.24) is 14.6 Å². The second-order valence-corrected chi connectivity index (χ2v) is 5.40. The van der Waals surface area contributed by atoms with Gasteiger partial charge in [0, 0.05) is 25.5 Å². The van der Waals surface area contributed by atoms with Crippen LogP contribution >= 0.6 is 0 Å². The summed E-state index contributed by atoms with van der Waals surface area (Å²) in [5.74, 6) is 2.30. The minimum Gasteiger partial charge on any atom is -0.363 e. The second-order valence-electron chi connectivity index (χ2n) is 3.36. The Hall–Kier alpha value is -1.29. The maximum atomic E-state index is 11.9. The Morgan fingerprint density at radius 2 is 2.31 bits per heavy atom. The van der Waals surface area contributed by atoms with Crippen LogP contribution in [0.5, 0.6) is 0 Å². The fourth-order valence-corrected chi connectivity index (χ4v) is 2.36. The monoisotopic (exact) mass is 241 g/mol. The van der Waals surface area contributed by atoms with E-state index in [-0.39, 0.29) is 11.4 Å². The summed E-state index contributed by atoms with van der Waals surface area (Å²) in [6.45, 7) is 0.656. The summed E-state index contributed by atoms with van der Waals surface area (Å²) in [4.78, 5) is 3.12. The van der Waals surface area contributed by atoms with Crippen LogP contribution in [0.15, 0.2) is 17.2 Å². The Morgan fingerprint density at radius 3 is 2.88 bits per heavy atom. The average Bonchev–Trinajstić information content (AvgIpc) is 2.68. The third-order valence-electron chi connectivity index (χ3n) is 2.11. The molecule has 0 aliphatic heterocycles. The molecule has 1 aromatic rings. The van der Waals surface area contributed by atoms with E-state index >= 15 is 0 Å². The molecule has 0 spiro atoms. The van der Waals surface area contributed by atoms with Gasteiger partial charge in [-0.2, -0.15) is 4.31 Å². The van der Waals surface area contributed by atoms with Gasteiger partial charge >= 0.3 is 0 Å². The molecule has 1 heterocycles. The van der Waals surface area contributed by atoms with Gasteiger partial charge in [0.1, 0.15) is 0 Å².